The molecular formula is C9H19NO2. The quantitative estimate of drug-likeness (QED) is 0.659. The molecule has 3 N–H and O–H groups in total. The molecule has 0 aromatic heterocycles. The fourth-order valence-corrected chi connectivity index (χ4v) is 1.25. The Hall–Kier alpha value is -0.570. The third-order valence-electron chi connectivity index (χ3n) is 2.53. The second-order valence-electron chi connectivity index (χ2n) is 3.70. The lowest BCUT2D eigenvalue weighted by Gasteiger charge is -2.24. The predicted molar refractivity (Wildman–Crippen MR) is 48.8 cm³/mol. The minimum atomic E-state index is -0.752. The van der Waals surface area contributed by atoms with Crippen LogP contribution in [-0.4, -0.2) is 17.6 Å². The summed E-state index contributed by atoms with van der Waals surface area (Å²) >= 11 is 0. The molecule has 0 saturated heterocycles. The highest BCUT2D eigenvalue weighted by molar-refractivity contribution is 5.67. The lowest BCUT2D eigenvalue weighted by Crippen LogP contribution is -2.27. The predicted octanol–water partition coefficient (Wildman–Crippen LogP) is 1.33. The second-order valence-corrected chi connectivity index (χ2v) is 3.70. The highest BCUT2D eigenvalue weighted by Crippen LogP contribution is 2.22. The van der Waals surface area contributed by atoms with Crippen molar-refractivity contribution in [2.75, 3.05) is 6.54 Å². The summed E-state index contributed by atoms with van der Waals surface area (Å²) in [6, 6.07) is 0. The molecule has 0 amide bonds. The van der Waals surface area contributed by atoms with Crippen LogP contribution in [0, 0.1) is 17.8 Å². The van der Waals surface area contributed by atoms with Crippen LogP contribution in [0.1, 0.15) is 27.2 Å². The van der Waals surface area contributed by atoms with Gasteiger partial charge in [0.1, 0.15) is 0 Å². The van der Waals surface area contributed by atoms with Crippen LogP contribution < -0.4 is 5.73 Å². The minimum absolute atomic E-state index is 0.113. The molecule has 0 radical (unpaired) electrons. The van der Waals surface area contributed by atoms with E-state index in [0.717, 1.165) is 0 Å². The molecule has 0 aliphatic carbocycles. The van der Waals surface area contributed by atoms with Gasteiger partial charge in [-0.3, -0.25) is 4.79 Å². The smallest absolute Gasteiger partial charge is 0.303 e. The molecule has 0 aliphatic heterocycles. The Labute approximate surface area is 74.0 Å². The molecule has 0 aliphatic rings. The highest BCUT2D eigenvalue weighted by atomic mass is 16.4. The first-order chi connectivity index (χ1) is 5.49. The van der Waals surface area contributed by atoms with Crippen LogP contribution in [0.3, 0.4) is 0 Å². The summed E-state index contributed by atoms with van der Waals surface area (Å²) in [7, 11) is 0. The van der Waals surface area contributed by atoms with E-state index < -0.39 is 5.97 Å². The molecule has 0 spiro atoms. The molecule has 72 valence electrons. The number of hydrogen-bond acceptors (Lipinski definition) is 2. The fourth-order valence-electron chi connectivity index (χ4n) is 1.25. The number of carboxylic acids is 1. The second kappa shape index (κ2) is 5.14. The zero-order valence-corrected chi connectivity index (χ0v) is 8.08. The molecule has 0 bridgehead atoms. The lowest BCUT2D eigenvalue weighted by molar-refractivity contribution is -0.138. The molecule has 0 aromatic carbocycles. The average molecular weight is 173 g/mol. The maximum absolute atomic E-state index is 10.4. The van der Waals surface area contributed by atoms with Gasteiger partial charge in [0.15, 0.2) is 0 Å². The van der Waals surface area contributed by atoms with Crippen LogP contribution >= 0.6 is 0 Å². The Kier molecular flexibility index (Phi) is 4.90. The molecule has 3 nitrogen and oxygen atoms in total. The van der Waals surface area contributed by atoms with Crippen LogP contribution in [0.2, 0.25) is 0 Å². The number of aliphatic carboxylic acids is 1. The average Bonchev–Trinajstić information content (AvgIpc) is 1.98. The van der Waals surface area contributed by atoms with E-state index in [1.54, 1.807) is 0 Å². The monoisotopic (exact) mass is 173 g/mol. The lowest BCUT2D eigenvalue weighted by atomic mass is 9.83. The van der Waals surface area contributed by atoms with E-state index in [9.17, 15) is 4.79 Å². The van der Waals surface area contributed by atoms with E-state index in [1.807, 2.05) is 0 Å². The normalized spacial score (nSPS) is 16.1. The van der Waals surface area contributed by atoms with E-state index in [-0.39, 0.29) is 12.3 Å². The van der Waals surface area contributed by atoms with Crippen molar-refractivity contribution in [1.82, 2.24) is 0 Å². The van der Waals surface area contributed by atoms with Crippen LogP contribution in [0.4, 0.5) is 0 Å². The van der Waals surface area contributed by atoms with Crippen LogP contribution in [0.15, 0.2) is 0 Å². The Balaban J connectivity index is 4.04. The Morgan fingerprint density at radius 3 is 2.17 bits per heavy atom. The Morgan fingerprint density at radius 1 is 1.42 bits per heavy atom. The maximum atomic E-state index is 10.4. The van der Waals surface area contributed by atoms with Crippen molar-refractivity contribution in [2.45, 2.75) is 27.2 Å². The van der Waals surface area contributed by atoms with Crippen molar-refractivity contribution in [3.63, 3.8) is 0 Å². The first-order valence-electron chi connectivity index (χ1n) is 4.40. The third-order valence-corrected chi connectivity index (χ3v) is 2.53. The van der Waals surface area contributed by atoms with Crippen molar-refractivity contribution in [1.29, 1.82) is 0 Å². The summed E-state index contributed by atoms with van der Waals surface area (Å²) in [5.74, 6) is 0.240. The third kappa shape index (κ3) is 3.72. The van der Waals surface area contributed by atoms with Crippen molar-refractivity contribution in [2.24, 2.45) is 23.5 Å². The minimum Gasteiger partial charge on any atom is -0.481 e. The van der Waals surface area contributed by atoms with Gasteiger partial charge >= 0.3 is 5.97 Å². The fraction of sp³-hybridized carbons (Fsp3) is 0.889. The Morgan fingerprint density at radius 2 is 1.92 bits per heavy atom. The van der Waals surface area contributed by atoms with Gasteiger partial charge in [0.25, 0.3) is 0 Å². The highest BCUT2D eigenvalue weighted by Gasteiger charge is 2.21. The molecule has 0 fully saturated rings. The number of carbonyl (C=O) groups is 1. The van der Waals surface area contributed by atoms with Gasteiger partial charge in [0.2, 0.25) is 0 Å². The zero-order valence-electron chi connectivity index (χ0n) is 8.08. The molecule has 0 rings (SSSR count). The summed E-state index contributed by atoms with van der Waals surface area (Å²) in [4.78, 5) is 10.4. The van der Waals surface area contributed by atoms with Gasteiger partial charge in [-0.15, -0.1) is 0 Å². The van der Waals surface area contributed by atoms with Gasteiger partial charge in [0, 0.05) is 6.42 Å². The summed E-state index contributed by atoms with van der Waals surface area (Å²) in [6.45, 7) is 6.71. The van der Waals surface area contributed by atoms with Gasteiger partial charge in [-0.1, -0.05) is 20.8 Å². The van der Waals surface area contributed by atoms with Crippen LogP contribution in [0.25, 0.3) is 0 Å². The summed E-state index contributed by atoms with van der Waals surface area (Å²) in [6.07, 6.45) is 0.190. The van der Waals surface area contributed by atoms with Gasteiger partial charge in [-0.2, -0.15) is 0 Å². The molecule has 0 saturated carbocycles. The van der Waals surface area contributed by atoms with E-state index >= 15 is 0 Å². The molecule has 2 atom stereocenters. The van der Waals surface area contributed by atoms with Gasteiger partial charge < -0.3 is 10.8 Å². The Bertz CT molecular complexity index is 145. The number of hydrogen-bond donors (Lipinski definition) is 2. The van der Waals surface area contributed by atoms with Crippen molar-refractivity contribution < 1.29 is 9.90 Å². The van der Waals surface area contributed by atoms with Gasteiger partial charge in [0.05, 0.1) is 0 Å². The van der Waals surface area contributed by atoms with Crippen LogP contribution in [-0.2, 0) is 4.79 Å². The maximum Gasteiger partial charge on any atom is 0.303 e. The molecule has 12 heavy (non-hydrogen) atoms. The SMILES string of the molecule is CC(C)[C@@H](C)C(CN)CC(=O)O. The van der Waals surface area contributed by atoms with E-state index in [1.165, 1.54) is 0 Å². The van der Waals surface area contributed by atoms with Crippen molar-refractivity contribution >= 4 is 5.97 Å². The standard InChI is InChI=1S/C9H19NO2/c1-6(2)7(3)8(5-10)4-9(11)12/h6-8H,4-5,10H2,1-3H3,(H,11,12)/t7-,8?/m1/s1. The van der Waals surface area contributed by atoms with Gasteiger partial charge in [-0.25, -0.2) is 0 Å². The molecule has 0 heterocycles. The van der Waals surface area contributed by atoms with Crippen molar-refractivity contribution in [3.05, 3.63) is 0 Å². The number of carboxylic acid groups (broad SMARTS) is 1. The molecule has 1 unspecified atom stereocenters. The number of rotatable bonds is 5. The van der Waals surface area contributed by atoms with Crippen molar-refractivity contribution in [3.8, 4) is 0 Å². The zero-order chi connectivity index (χ0) is 9.72. The first kappa shape index (κ1) is 11.4. The number of nitrogens with two attached hydrogens (primary N) is 1. The van der Waals surface area contributed by atoms with Gasteiger partial charge in [-0.05, 0) is 24.3 Å². The van der Waals surface area contributed by atoms with E-state index in [0.29, 0.717) is 18.4 Å². The first-order valence-corrected chi connectivity index (χ1v) is 4.40. The topological polar surface area (TPSA) is 63.3 Å². The summed E-state index contributed by atoms with van der Waals surface area (Å²) < 4.78 is 0. The summed E-state index contributed by atoms with van der Waals surface area (Å²) in [5.41, 5.74) is 5.50. The largest absolute Gasteiger partial charge is 0.481 e. The van der Waals surface area contributed by atoms with E-state index in [2.05, 4.69) is 20.8 Å². The molecular weight excluding hydrogens is 154 g/mol. The van der Waals surface area contributed by atoms with E-state index in [4.69, 9.17) is 10.8 Å². The molecule has 3 heteroatoms. The molecule has 0 aromatic rings. The van der Waals surface area contributed by atoms with Crippen LogP contribution in [0.5, 0.6) is 0 Å². The summed E-state index contributed by atoms with van der Waals surface area (Å²) in [5, 5.41) is 8.59.